The van der Waals surface area contributed by atoms with Crippen molar-refractivity contribution >= 4 is 30.8 Å². The highest BCUT2D eigenvalue weighted by Crippen LogP contribution is 2.36. The molecule has 1 atom stereocenters. The Labute approximate surface area is 245 Å². The van der Waals surface area contributed by atoms with Crippen LogP contribution in [0.5, 0.6) is 0 Å². The molecule has 3 aromatic carbocycles. The first-order chi connectivity index (χ1) is 19.4. The van der Waals surface area contributed by atoms with Gasteiger partial charge in [-0.2, -0.15) is 0 Å². The van der Waals surface area contributed by atoms with Crippen molar-refractivity contribution < 1.29 is 23.5 Å². The lowest BCUT2D eigenvalue weighted by atomic mass is 10.1. The largest absolute Gasteiger partial charge is 0.465 e. The third kappa shape index (κ3) is 8.76. The van der Waals surface area contributed by atoms with Gasteiger partial charge in [-0.1, -0.05) is 93.6 Å². The fourth-order valence-electron chi connectivity index (χ4n) is 4.88. The molecule has 0 bridgehead atoms. The third-order valence-electron chi connectivity index (χ3n) is 6.73. The summed E-state index contributed by atoms with van der Waals surface area (Å²) in [6.07, 6.45) is -0.488. The summed E-state index contributed by atoms with van der Waals surface area (Å²) in [7, 11) is -1.43. The highest BCUT2D eigenvalue weighted by molar-refractivity contribution is 6.99. The monoisotopic (exact) mass is 576 g/mol. The molecule has 2 N–H and O–H groups in total. The zero-order valence-corrected chi connectivity index (χ0v) is 26.3. The number of carbonyl (C=O) groups is 2. The Balaban J connectivity index is 1.85. The van der Waals surface area contributed by atoms with Crippen LogP contribution in [0.1, 0.15) is 57.5 Å². The molecule has 41 heavy (non-hydrogen) atoms. The van der Waals surface area contributed by atoms with E-state index in [9.17, 15) is 9.59 Å². The molecule has 0 aliphatic rings. The highest BCUT2D eigenvalue weighted by atomic mass is 28.4. The summed E-state index contributed by atoms with van der Waals surface area (Å²) in [4.78, 5) is 24.6. The molecule has 7 nitrogen and oxygen atoms in total. The molecule has 8 heteroatoms. The summed E-state index contributed by atoms with van der Waals surface area (Å²) in [5, 5.41) is 8.62. The molecular formula is C33H44N2O5Si. The number of carbonyl (C=O) groups excluding carboxylic acids is 2. The number of benzene rings is 3. The van der Waals surface area contributed by atoms with Crippen LogP contribution in [0.3, 0.4) is 0 Å². The lowest BCUT2D eigenvalue weighted by Gasteiger charge is -2.43. The molecule has 0 heterocycles. The molecule has 1 unspecified atom stereocenters. The van der Waals surface area contributed by atoms with Crippen LogP contribution < -0.4 is 21.0 Å². The average molecular weight is 577 g/mol. The van der Waals surface area contributed by atoms with Crippen molar-refractivity contribution in [1.82, 2.24) is 10.6 Å². The number of nitrogens with one attached hydrogen (secondary N) is 2. The normalized spacial score (nSPS) is 12.9. The van der Waals surface area contributed by atoms with Crippen molar-refractivity contribution in [3.05, 3.63) is 96.1 Å². The number of rotatable bonds is 11. The summed E-state index contributed by atoms with van der Waals surface area (Å²) in [5.74, 6) is -0.369. The van der Waals surface area contributed by atoms with Crippen LogP contribution in [0, 0.1) is 0 Å². The Morgan fingerprint density at radius 3 is 1.80 bits per heavy atom. The summed E-state index contributed by atoms with van der Waals surface area (Å²) in [6, 6.07) is 27.7. The number of hydrogen-bond acceptors (Lipinski definition) is 6. The topological polar surface area (TPSA) is 85.9 Å². The number of esters is 1. The van der Waals surface area contributed by atoms with Gasteiger partial charge in [-0.05, 0) is 53.9 Å². The molecule has 3 aromatic rings. The lowest BCUT2D eigenvalue weighted by Crippen LogP contribution is -2.67. The van der Waals surface area contributed by atoms with Gasteiger partial charge < -0.3 is 24.5 Å². The van der Waals surface area contributed by atoms with Crippen LogP contribution in [0.25, 0.3) is 0 Å². The first-order valence-electron chi connectivity index (χ1n) is 14.0. The minimum Gasteiger partial charge on any atom is -0.465 e. The Hall–Kier alpha value is -3.46. The predicted molar refractivity (Wildman–Crippen MR) is 166 cm³/mol. The van der Waals surface area contributed by atoms with Gasteiger partial charge in [0, 0.05) is 13.1 Å². The fraction of sp³-hybridized carbons (Fsp3) is 0.394. The van der Waals surface area contributed by atoms with Crippen LogP contribution in [-0.2, 0) is 20.4 Å². The number of alkyl carbamates (subject to hydrolysis) is 1. The number of methoxy groups -OCH3 is 1. The maximum absolute atomic E-state index is 12.8. The Morgan fingerprint density at radius 2 is 1.34 bits per heavy atom. The molecule has 0 aliphatic carbocycles. The van der Waals surface area contributed by atoms with E-state index in [-0.39, 0.29) is 17.0 Å². The SMILES string of the molecule is COC(=O)c1ccc(CNCC(CO[Si](c2ccccc2)(c2ccccc2)C(C)(C)C)NC(=O)OC(C)(C)C)cc1. The molecule has 0 aromatic heterocycles. The Morgan fingerprint density at radius 1 is 0.805 bits per heavy atom. The molecule has 220 valence electrons. The second-order valence-corrected chi connectivity index (χ2v) is 16.4. The van der Waals surface area contributed by atoms with E-state index in [4.69, 9.17) is 13.9 Å². The van der Waals surface area contributed by atoms with Crippen molar-refractivity contribution in [3.63, 3.8) is 0 Å². The summed E-state index contributed by atoms with van der Waals surface area (Å²) >= 11 is 0. The van der Waals surface area contributed by atoms with Gasteiger partial charge in [-0.15, -0.1) is 0 Å². The lowest BCUT2D eigenvalue weighted by molar-refractivity contribution is 0.0485. The minimum atomic E-state index is -2.80. The summed E-state index contributed by atoms with van der Waals surface area (Å²) < 4.78 is 17.5. The van der Waals surface area contributed by atoms with E-state index in [2.05, 4.69) is 79.9 Å². The van der Waals surface area contributed by atoms with Gasteiger partial charge in [0.25, 0.3) is 8.32 Å². The Kier molecular flexibility index (Phi) is 10.9. The zero-order valence-electron chi connectivity index (χ0n) is 25.3. The summed E-state index contributed by atoms with van der Waals surface area (Å²) in [5.41, 5.74) is 0.878. The second kappa shape index (κ2) is 13.9. The maximum atomic E-state index is 12.8. The smallest absolute Gasteiger partial charge is 0.407 e. The van der Waals surface area contributed by atoms with Crippen molar-refractivity contribution in [3.8, 4) is 0 Å². The van der Waals surface area contributed by atoms with E-state index in [0.717, 1.165) is 5.56 Å². The van der Waals surface area contributed by atoms with Crippen LogP contribution in [0.2, 0.25) is 5.04 Å². The molecule has 3 rings (SSSR count). The van der Waals surface area contributed by atoms with Gasteiger partial charge in [0.05, 0.1) is 25.3 Å². The quantitative estimate of drug-likeness (QED) is 0.246. The first-order valence-corrected chi connectivity index (χ1v) is 15.9. The molecule has 0 radical (unpaired) electrons. The standard InChI is InChI=1S/C33H44N2O5Si/c1-32(2,3)40-31(37)35-27(23-34-22-25-18-20-26(21-19-25)30(36)38-7)24-39-41(33(4,5)6,28-14-10-8-11-15-28)29-16-12-9-13-17-29/h8-21,27,34H,22-24H2,1-7H3,(H,35,37). The van der Waals surface area contributed by atoms with E-state index in [1.807, 2.05) is 45.0 Å². The van der Waals surface area contributed by atoms with Crippen molar-refractivity contribution in [2.24, 2.45) is 0 Å². The van der Waals surface area contributed by atoms with E-state index >= 15 is 0 Å². The molecule has 0 fully saturated rings. The number of hydrogen-bond donors (Lipinski definition) is 2. The van der Waals surface area contributed by atoms with Crippen LogP contribution in [0.4, 0.5) is 4.79 Å². The van der Waals surface area contributed by atoms with Gasteiger partial charge >= 0.3 is 12.1 Å². The van der Waals surface area contributed by atoms with Crippen molar-refractivity contribution in [2.75, 3.05) is 20.3 Å². The molecular weight excluding hydrogens is 532 g/mol. The van der Waals surface area contributed by atoms with E-state index in [1.54, 1.807) is 12.1 Å². The molecule has 0 spiro atoms. The van der Waals surface area contributed by atoms with Gasteiger partial charge in [-0.3, -0.25) is 0 Å². The van der Waals surface area contributed by atoms with E-state index < -0.39 is 20.0 Å². The van der Waals surface area contributed by atoms with Gasteiger partial charge in [0.15, 0.2) is 0 Å². The highest BCUT2D eigenvalue weighted by Gasteiger charge is 2.50. The van der Waals surface area contributed by atoms with Crippen LogP contribution in [-0.4, -0.2) is 52.3 Å². The van der Waals surface area contributed by atoms with E-state index in [1.165, 1.54) is 17.5 Å². The summed E-state index contributed by atoms with van der Waals surface area (Å²) in [6.45, 7) is 13.5. The first kappa shape index (κ1) is 32.1. The van der Waals surface area contributed by atoms with E-state index in [0.29, 0.717) is 25.3 Å². The number of ether oxygens (including phenoxy) is 2. The van der Waals surface area contributed by atoms with Gasteiger partial charge in [0.1, 0.15) is 5.60 Å². The van der Waals surface area contributed by atoms with Crippen LogP contribution in [0.15, 0.2) is 84.9 Å². The van der Waals surface area contributed by atoms with Crippen LogP contribution >= 0.6 is 0 Å². The zero-order chi connectivity index (χ0) is 30.1. The van der Waals surface area contributed by atoms with Crippen molar-refractivity contribution in [1.29, 1.82) is 0 Å². The molecule has 0 saturated heterocycles. The fourth-order valence-corrected chi connectivity index (χ4v) is 9.49. The average Bonchev–Trinajstić information content (AvgIpc) is 2.92. The van der Waals surface area contributed by atoms with Gasteiger partial charge in [0.2, 0.25) is 0 Å². The minimum absolute atomic E-state index is 0.193. The molecule has 1 amide bonds. The van der Waals surface area contributed by atoms with Crippen molar-refractivity contribution in [2.45, 2.75) is 64.8 Å². The molecule has 0 saturated carbocycles. The molecule has 0 aliphatic heterocycles. The van der Waals surface area contributed by atoms with Gasteiger partial charge in [-0.25, -0.2) is 9.59 Å². The second-order valence-electron chi connectivity index (χ2n) is 12.1. The maximum Gasteiger partial charge on any atom is 0.407 e. The predicted octanol–water partition coefficient (Wildman–Crippen LogP) is 5.03. The Bertz CT molecular complexity index is 1210. The third-order valence-corrected chi connectivity index (χ3v) is 11.7. The number of amides is 1.